The first-order chi connectivity index (χ1) is 7.70. The Morgan fingerprint density at radius 3 is 2.56 bits per heavy atom. The lowest BCUT2D eigenvalue weighted by Gasteiger charge is -2.01. The van der Waals surface area contributed by atoms with Crippen LogP contribution in [0.1, 0.15) is 11.1 Å². The van der Waals surface area contributed by atoms with Gasteiger partial charge < -0.3 is 0 Å². The van der Waals surface area contributed by atoms with Gasteiger partial charge in [0.2, 0.25) is 0 Å². The molecule has 0 atom stereocenters. The van der Waals surface area contributed by atoms with Crippen molar-refractivity contribution < 1.29 is 4.39 Å². The molecule has 0 fully saturated rings. The van der Waals surface area contributed by atoms with Crippen molar-refractivity contribution in [1.29, 1.82) is 5.26 Å². The van der Waals surface area contributed by atoms with Crippen LogP contribution in [0.15, 0.2) is 30.6 Å². The van der Waals surface area contributed by atoms with Crippen molar-refractivity contribution in [1.82, 2.24) is 9.97 Å². The molecule has 3 nitrogen and oxygen atoms in total. The van der Waals surface area contributed by atoms with E-state index >= 15 is 0 Å². The lowest BCUT2D eigenvalue weighted by Crippen LogP contribution is -1.91. The SMILES string of the molecule is Cc1cnc(-c2ccc(F)c(C#N)c2)nc1. The third-order valence-electron chi connectivity index (χ3n) is 2.13. The van der Waals surface area contributed by atoms with Crippen molar-refractivity contribution in [2.24, 2.45) is 0 Å². The van der Waals surface area contributed by atoms with Gasteiger partial charge >= 0.3 is 0 Å². The van der Waals surface area contributed by atoms with Crippen LogP contribution in [0.4, 0.5) is 4.39 Å². The van der Waals surface area contributed by atoms with Gasteiger partial charge in [-0.15, -0.1) is 0 Å². The lowest BCUT2D eigenvalue weighted by molar-refractivity contribution is 0.624. The first-order valence-corrected chi connectivity index (χ1v) is 4.69. The van der Waals surface area contributed by atoms with Gasteiger partial charge in [-0.05, 0) is 30.7 Å². The smallest absolute Gasteiger partial charge is 0.159 e. The summed E-state index contributed by atoms with van der Waals surface area (Å²) in [6.45, 7) is 1.88. The summed E-state index contributed by atoms with van der Waals surface area (Å²) < 4.78 is 13.1. The zero-order chi connectivity index (χ0) is 11.5. The highest BCUT2D eigenvalue weighted by molar-refractivity contribution is 5.57. The molecule has 0 aliphatic carbocycles. The number of hydrogen-bond acceptors (Lipinski definition) is 3. The molecule has 0 amide bonds. The fourth-order valence-corrected chi connectivity index (χ4v) is 1.29. The van der Waals surface area contributed by atoms with Gasteiger partial charge in [-0.1, -0.05) is 0 Å². The number of aryl methyl sites for hydroxylation is 1. The molecule has 0 aliphatic heterocycles. The molecule has 0 radical (unpaired) electrons. The molecule has 0 saturated carbocycles. The molecule has 0 spiro atoms. The zero-order valence-corrected chi connectivity index (χ0v) is 8.61. The van der Waals surface area contributed by atoms with Gasteiger partial charge in [0.25, 0.3) is 0 Å². The Labute approximate surface area is 92.2 Å². The molecular formula is C12H8FN3. The van der Waals surface area contributed by atoms with E-state index in [0.29, 0.717) is 11.4 Å². The Kier molecular flexibility index (Phi) is 2.61. The third-order valence-corrected chi connectivity index (χ3v) is 2.13. The summed E-state index contributed by atoms with van der Waals surface area (Å²) in [6.07, 6.45) is 3.36. The molecule has 16 heavy (non-hydrogen) atoms. The highest BCUT2D eigenvalue weighted by Crippen LogP contribution is 2.17. The largest absolute Gasteiger partial charge is 0.236 e. The zero-order valence-electron chi connectivity index (χ0n) is 8.61. The Balaban J connectivity index is 2.49. The molecule has 78 valence electrons. The van der Waals surface area contributed by atoms with Crippen molar-refractivity contribution >= 4 is 0 Å². The van der Waals surface area contributed by atoms with E-state index in [-0.39, 0.29) is 5.56 Å². The Morgan fingerprint density at radius 2 is 1.94 bits per heavy atom. The van der Waals surface area contributed by atoms with E-state index in [1.165, 1.54) is 12.1 Å². The predicted molar refractivity (Wildman–Crippen MR) is 56.9 cm³/mol. The minimum Gasteiger partial charge on any atom is -0.236 e. The number of nitrogens with zero attached hydrogens (tertiary/aromatic N) is 3. The monoisotopic (exact) mass is 213 g/mol. The molecule has 2 aromatic rings. The average molecular weight is 213 g/mol. The van der Waals surface area contributed by atoms with Crippen molar-refractivity contribution in [3.63, 3.8) is 0 Å². The summed E-state index contributed by atoms with van der Waals surface area (Å²) >= 11 is 0. The van der Waals surface area contributed by atoms with Crippen LogP contribution in [0, 0.1) is 24.1 Å². The molecular weight excluding hydrogens is 205 g/mol. The minimum atomic E-state index is -0.529. The normalized spacial score (nSPS) is 9.81. The molecule has 1 heterocycles. The Bertz CT molecular complexity index is 555. The number of benzene rings is 1. The maximum atomic E-state index is 13.1. The molecule has 4 heteroatoms. The van der Waals surface area contributed by atoms with Crippen molar-refractivity contribution in [2.75, 3.05) is 0 Å². The molecule has 1 aromatic carbocycles. The van der Waals surface area contributed by atoms with Gasteiger partial charge in [0, 0.05) is 18.0 Å². The maximum Gasteiger partial charge on any atom is 0.159 e. The molecule has 0 saturated heterocycles. The fraction of sp³-hybridized carbons (Fsp3) is 0.0833. The van der Waals surface area contributed by atoms with Gasteiger partial charge in [-0.3, -0.25) is 0 Å². The van der Waals surface area contributed by atoms with Crippen LogP contribution in [0.2, 0.25) is 0 Å². The molecule has 0 N–H and O–H groups in total. The van der Waals surface area contributed by atoms with E-state index in [0.717, 1.165) is 5.56 Å². The summed E-state index contributed by atoms with van der Waals surface area (Å²) in [5.41, 5.74) is 1.59. The van der Waals surface area contributed by atoms with Gasteiger partial charge in [0.15, 0.2) is 5.82 Å². The Morgan fingerprint density at radius 1 is 1.25 bits per heavy atom. The quantitative estimate of drug-likeness (QED) is 0.731. The van der Waals surface area contributed by atoms with Crippen LogP contribution in [0.5, 0.6) is 0 Å². The highest BCUT2D eigenvalue weighted by atomic mass is 19.1. The molecule has 0 aliphatic rings. The topological polar surface area (TPSA) is 49.6 Å². The van der Waals surface area contributed by atoms with Crippen LogP contribution in [0.3, 0.4) is 0 Å². The van der Waals surface area contributed by atoms with Crippen LogP contribution >= 0.6 is 0 Å². The first kappa shape index (κ1) is 10.2. The van der Waals surface area contributed by atoms with Crippen LogP contribution in [0.25, 0.3) is 11.4 Å². The number of hydrogen-bond donors (Lipinski definition) is 0. The highest BCUT2D eigenvalue weighted by Gasteiger charge is 2.06. The van der Waals surface area contributed by atoms with Crippen LogP contribution in [-0.4, -0.2) is 9.97 Å². The van der Waals surface area contributed by atoms with E-state index in [4.69, 9.17) is 5.26 Å². The third kappa shape index (κ3) is 1.89. The Hall–Kier alpha value is -2.28. The molecule has 0 unspecified atom stereocenters. The predicted octanol–water partition coefficient (Wildman–Crippen LogP) is 2.46. The van der Waals surface area contributed by atoms with E-state index < -0.39 is 5.82 Å². The number of rotatable bonds is 1. The number of nitriles is 1. The van der Waals surface area contributed by atoms with Crippen molar-refractivity contribution in [3.8, 4) is 17.5 Å². The molecule has 0 bridgehead atoms. The van der Waals surface area contributed by atoms with Gasteiger partial charge in [0.1, 0.15) is 11.9 Å². The average Bonchev–Trinajstić information content (AvgIpc) is 2.31. The maximum absolute atomic E-state index is 13.1. The van der Waals surface area contributed by atoms with E-state index in [9.17, 15) is 4.39 Å². The summed E-state index contributed by atoms with van der Waals surface area (Å²) in [5, 5.41) is 8.70. The summed E-state index contributed by atoms with van der Waals surface area (Å²) in [4.78, 5) is 8.22. The second-order valence-electron chi connectivity index (χ2n) is 3.39. The number of aromatic nitrogens is 2. The van der Waals surface area contributed by atoms with Gasteiger partial charge in [-0.2, -0.15) is 5.26 Å². The molecule has 1 aromatic heterocycles. The fourth-order valence-electron chi connectivity index (χ4n) is 1.29. The van der Waals surface area contributed by atoms with E-state index in [1.54, 1.807) is 24.5 Å². The second kappa shape index (κ2) is 4.07. The summed E-state index contributed by atoms with van der Waals surface area (Å²) in [7, 11) is 0. The van der Waals surface area contributed by atoms with Crippen molar-refractivity contribution in [3.05, 3.63) is 47.5 Å². The van der Waals surface area contributed by atoms with E-state index in [2.05, 4.69) is 9.97 Å². The van der Waals surface area contributed by atoms with E-state index in [1.807, 2.05) is 6.92 Å². The number of halogens is 1. The van der Waals surface area contributed by atoms with Gasteiger partial charge in [-0.25, -0.2) is 14.4 Å². The summed E-state index contributed by atoms with van der Waals surface area (Å²) in [6, 6.07) is 6.03. The second-order valence-corrected chi connectivity index (χ2v) is 3.39. The lowest BCUT2D eigenvalue weighted by atomic mass is 10.1. The molecule has 2 rings (SSSR count). The van der Waals surface area contributed by atoms with Crippen LogP contribution in [-0.2, 0) is 0 Å². The first-order valence-electron chi connectivity index (χ1n) is 4.69. The van der Waals surface area contributed by atoms with Crippen molar-refractivity contribution in [2.45, 2.75) is 6.92 Å². The van der Waals surface area contributed by atoms with Gasteiger partial charge in [0.05, 0.1) is 5.56 Å². The standard InChI is InChI=1S/C12H8FN3/c1-8-6-15-12(16-7-8)9-2-3-11(13)10(4-9)5-14/h2-4,6-7H,1H3. The minimum absolute atomic E-state index is 0.00155. The van der Waals surface area contributed by atoms with Crippen LogP contribution < -0.4 is 0 Å². The summed E-state index contributed by atoms with van der Waals surface area (Å²) in [5.74, 6) is -0.0412.